The molecule has 0 amide bonds. The van der Waals surface area contributed by atoms with Gasteiger partial charge in [-0.2, -0.15) is 5.10 Å². The zero-order valence-corrected chi connectivity index (χ0v) is 43.5. The molecular weight excluding hydrogens is 1020 g/mol. The number of ether oxygens (including phenoxy) is 4. The molecule has 10 rings (SSSR count). The lowest BCUT2D eigenvalue weighted by Gasteiger charge is -2.43. The first-order valence-electron chi connectivity index (χ1n) is 25.8. The van der Waals surface area contributed by atoms with Gasteiger partial charge in [0, 0.05) is 79.9 Å². The van der Waals surface area contributed by atoms with Gasteiger partial charge in [0.25, 0.3) is 0 Å². The predicted octanol–water partition coefficient (Wildman–Crippen LogP) is 0.696. The van der Waals surface area contributed by atoms with Crippen LogP contribution in [0, 0.1) is 23.7 Å². The number of hydrazone groups is 1. The molecule has 8 aliphatic rings. The number of Topliss-reactive ketones (excluding diaryl/α,β-unsaturated/α-hetero) is 5. The van der Waals surface area contributed by atoms with Crippen LogP contribution in [-0.2, 0) is 36.6 Å². The van der Waals surface area contributed by atoms with Crippen molar-refractivity contribution in [2.45, 2.75) is 139 Å². The molecule has 2 aromatic rings. The third-order valence-electron chi connectivity index (χ3n) is 16.7. The molecule has 2 heterocycles. The summed E-state index contributed by atoms with van der Waals surface area (Å²) in [5.74, 6) is -8.75. The molecule has 15 N–H and O–H groups in total. The zero-order chi connectivity index (χ0) is 56.8. The molecule has 8 unspecified atom stereocenters. The fourth-order valence-electron chi connectivity index (χ4n) is 12.6. The largest absolute Gasteiger partial charge is 0.507 e. The summed E-state index contributed by atoms with van der Waals surface area (Å²) >= 11 is 0. The first-order valence-corrected chi connectivity index (χ1v) is 25.8. The molecule has 23 heteroatoms. The number of aromatic hydroxyl groups is 4. The van der Waals surface area contributed by atoms with Gasteiger partial charge in [0.05, 0.1) is 94.9 Å². The zero-order valence-electron chi connectivity index (χ0n) is 43.5. The number of carbonyl (C=O) groups excluding carboxylic acids is 5. The second kappa shape index (κ2) is 21.2. The number of fused-ring (bicyclic) bond motifs is 6. The summed E-state index contributed by atoms with van der Waals surface area (Å²) in [5.41, 5.74) is 10.3. The van der Waals surface area contributed by atoms with Crippen LogP contribution in [0.1, 0.15) is 129 Å². The molecule has 6 aliphatic carbocycles. The van der Waals surface area contributed by atoms with E-state index in [1.807, 2.05) is 0 Å². The number of hydrogen-bond donors (Lipinski definition) is 13. The summed E-state index contributed by atoms with van der Waals surface area (Å²) in [6.45, 7) is 5.03. The molecule has 78 heavy (non-hydrogen) atoms. The topological polar surface area (TPSA) is 401 Å². The Morgan fingerprint density at radius 1 is 0.667 bits per heavy atom. The van der Waals surface area contributed by atoms with E-state index in [1.165, 1.54) is 7.05 Å². The maximum absolute atomic E-state index is 13.7. The maximum atomic E-state index is 13.7. The lowest BCUT2D eigenvalue weighted by atomic mass is 9.66. The average molecular weight is 1090 g/mol. The van der Waals surface area contributed by atoms with Gasteiger partial charge in [0.15, 0.2) is 41.5 Å². The fourth-order valence-corrected chi connectivity index (χ4v) is 12.6. The molecular formula is C55H66N4O19. The van der Waals surface area contributed by atoms with Crippen molar-refractivity contribution in [1.82, 2.24) is 5.43 Å². The van der Waals surface area contributed by atoms with Gasteiger partial charge in [0.2, 0.25) is 0 Å². The maximum Gasteiger partial charge on any atom is 0.190 e. The minimum Gasteiger partial charge on any atom is -0.507 e. The number of benzene rings is 2. The Morgan fingerprint density at radius 3 is 1.45 bits per heavy atom. The summed E-state index contributed by atoms with van der Waals surface area (Å²) in [6, 6.07) is -1.38. The standard InChI is InChI=1S/C28H35N3O9.C27H31NO10/c1-11-5-4-6-13-19(11)26(36)22-21(24(13)34)25(35)14-8-28(38,17(10-32)31-30-3)9-16(20(14)27(22)37)40-18-7-15(29)23(33)12(2)39-18;1-10-4-3-5-12-18(10)25(34)21-20(23(12)32)24(33)13-7-27(36,16(30)9-29)8-15(19(13)26(21)35)38-17-6-14(28)22(31)11(2)37-17/h4-6,12-13,15-16,18-19,23,30,32-33,35,37-38H,7-10,29H2,1-3H3;3-5,11-12,14-15,17-18,22,29,31,33,35-36H,6-9,28H2,1-2H3/b31-17+;/t12?,13?,15?,16-,18+,19?,23-,28-;11?,12?,14?,15-,17+,18?,22-,27-/m00/s1. The van der Waals surface area contributed by atoms with Crippen molar-refractivity contribution in [1.29, 1.82) is 0 Å². The van der Waals surface area contributed by atoms with E-state index in [9.17, 15) is 75.0 Å². The smallest absolute Gasteiger partial charge is 0.190 e. The number of aliphatic hydroxyl groups excluding tert-OH is 4. The van der Waals surface area contributed by atoms with Crippen LogP contribution >= 0.6 is 0 Å². The Morgan fingerprint density at radius 2 is 1.06 bits per heavy atom. The van der Waals surface area contributed by atoms with Crippen molar-refractivity contribution >= 4 is 34.6 Å². The van der Waals surface area contributed by atoms with Crippen molar-refractivity contribution in [2.75, 3.05) is 20.3 Å². The number of rotatable bonds is 9. The van der Waals surface area contributed by atoms with Crippen molar-refractivity contribution in [3.8, 4) is 23.0 Å². The fraction of sp³-hybridized carbons (Fsp3) is 0.527. The number of ketones is 5. The van der Waals surface area contributed by atoms with Crippen LogP contribution in [0.25, 0.3) is 0 Å². The SMILES string of the molecule is CC1=CC=CC2C(=O)c3c(O)c4c(c(O)c3C(=O)C12)[C@@H](O[C@@H]1CC(N)[C@@H](O)C(C)O1)C[C@](O)(C(=O)CO)C4.CN/N=C(\CO)[C@]1(O)Cc2c(O)c3c(c(O)c2[C@@H](O[C@@H]2CC(N)[C@@H](O)C(C)O2)C1)C(=O)C1C(C)=CC=CC1C3=O. The van der Waals surface area contributed by atoms with E-state index in [4.69, 9.17) is 30.4 Å². The summed E-state index contributed by atoms with van der Waals surface area (Å²) in [4.78, 5) is 67.1. The highest BCUT2D eigenvalue weighted by molar-refractivity contribution is 6.22. The summed E-state index contributed by atoms with van der Waals surface area (Å²) in [7, 11) is 1.49. The van der Waals surface area contributed by atoms with E-state index in [0.29, 0.717) is 11.1 Å². The summed E-state index contributed by atoms with van der Waals surface area (Å²) in [6.07, 6.45) is 0.777. The van der Waals surface area contributed by atoms with Crippen molar-refractivity contribution in [3.63, 3.8) is 0 Å². The Kier molecular flexibility index (Phi) is 15.4. The van der Waals surface area contributed by atoms with Gasteiger partial charge in [0.1, 0.15) is 40.8 Å². The quantitative estimate of drug-likeness (QED) is 0.0933. The van der Waals surface area contributed by atoms with E-state index in [1.54, 1.807) is 64.2 Å². The lowest BCUT2D eigenvalue weighted by Crippen LogP contribution is -2.53. The van der Waals surface area contributed by atoms with E-state index in [-0.39, 0.29) is 75.9 Å². The van der Waals surface area contributed by atoms with Crippen molar-refractivity contribution in [2.24, 2.45) is 40.2 Å². The number of nitrogens with one attached hydrogen (secondary N) is 1. The third kappa shape index (κ3) is 9.31. The summed E-state index contributed by atoms with van der Waals surface area (Å²) < 4.78 is 23.8. The van der Waals surface area contributed by atoms with E-state index < -0.39 is 174 Å². The molecule has 16 atom stereocenters. The molecule has 0 spiro atoms. The molecule has 0 radical (unpaired) electrons. The highest BCUT2D eigenvalue weighted by atomic mass is 16.7. The Labute approximate surface area is 447 Å². The molecule has 23 nitrogen and oxygen atoms in total. The molecule has 0 bridgehead atoms. The molecule has 420 valence electrons. The molecule has 2 fully saturated rings. The van der Waals surface area contributed by atoms with Crippen LogP contribution < -0.4 is 16.9 Å². The van der Waals surface area contributed by atoms with Gasteiger partial charge >= 0.3 is 0 Å². The van der Waals surface area contributed by atoms with Crippen LogP contribution in [-0.4, -0.2) is 166 Å². The number of aliphatic hydroxyl groups is 6. The Hall–Kier alpha value is -6.06. The minimum atomic E-state index is -2.21. The van der Waals surface area contributed by atoms with Crippen LogP contribution in [0.3, 0.4) is 0 Å². The van der Waals surface area contributed by atoms with Gasteiger partial charge in [-0.1, -0.05) is 47.6 Å². The normalized spacial score (nSPS) is 35.9. The van der Waals surface area contributed by atoms with Crippen LogP contribution in [0.4, 0.5) is 0 Å². The second-order valence-electron chi connectivity index (χ2n) is 21.7. The molecule has 2 aliphatic heterocycles. The first-order chi connectivity index (χ1) is 36.8. The molecule has 2 aromatic carbocycles. The van der Waals surface area contributed by atoms with Crippen LogP contribution in [0.15, 0.2) is 52.7 Å². The number of allylic oxidation sites excluding steroid dienone is 8. The third-order valence-corrected chi connectivity index (χ3v) is 16.7. The van der Waals surface area contributed by atoms with Crippen LogP contribution in [0.2, 0.25) is 0 Å². The lowest BCUT2D eigenvalue weighted by molar-refractivity contribution is -0.247. The number of nitrogens with two attached hydrogens (primary N) is 2. The number of carbonyl (C=O) groups is 5. The molecule has 0 aromatic heterocycles. The van der Waals surface area contributed by atoms with E-state index in [2.05, 4.69) is 10.5 Å². The van der Waals surface area contributed by atoms with Crippen LogP contribution in [0.5, 0.6) is 23.0 Å². The first kappa shape index (κ1) is 56.7. The number of phenolic OH excluding ortho intramolecular Hbond substituents is 4. The Balaban J connectivity index is 0.000000190. The Bertz CT molecular complexity index is 3000. The number of hydrogen-bond acceptors (Lipinski definition) is 23. The van der Waals surface area contributed by atoms with Crippen molar-refractivity contribution in [3.05, 3.63) is 92.1 Å². The number of phenols is 4. The average Bonchev–Trinajstić information content (AvgIpc) is 3.59. The number of nitrogens with zero attached hydrogens (tertiary/aromatic N) is 1. The van der Waals surface area contributed by atoms with E-state index >= 15 is 0 Å². The molecule has 0 saturated carbocycles. The van der Waals surface area contributed by atoms with Gasteiger partial charge in [-0.15, -0.1) is 0 Å². The predicted molar refractivity (Wildman–Crippen MR) is 272 cm³/mol. The molecule has 2 saturated heterocycles. The van der Waals surface area contributed by atoms with Gasteiger partial charge < -0.3 is 86.9 Å². The highest BCUT2D eigenvalue weighted by Gasteiger charge is 2.54. The van der Waals surface area contributed by atoms with Gasteiger partial charge in [-0.25, -0.2) is 0 Å². The van der Waals surface area contributed by atoms with Gasteiger partial charge in [-0.05, 0) is 27.7 Å². The highest BCUT2D eigenvalue weighted by Crippen LogP contribution is 2.56. The minimum absolute atomic E-state index is 0.00732. The van der Waals surface area contributed by atoms with Crippen molar-refractivity contribution < 1.29 is 94.0 Å². The van der Waals surface area contributed by atoms with Gasteiger partial charge in [-0.3, -0.25) is 24.0 Å². The summed E-state index contributed by atoms with van der Waals surface area (Å²) in [5, 5.41) is 113. The monoisotopic (exact) mass is 1090 g/mol. The second-order valence-corrected chi connectivity index (χ2v) is 21.7. The van der Waals surface area contributed by atoms with E-state index in [0.717, 1.165) is 0 Å².